The monoisotopic (exact) mass is 324 g/mol. The number of aliphatic hydroxyl groups excluding tert-OH is 1. The molecular weight excluding hydrogens is 303 g/mol. The molecule has 0 unspecified atom stereocenters. The van der Waals surface area contributed by atoms with Crippen molar-refractivity contribution in [1.82, 2.24) is 5.32 Å². The van der Waals surface area contributed by atoms with E-state index in [2.05, 4.69) is 10.3 Å². The van der Waals surface area contributed by atoms with E-state index in [0.717, 1.165) is 5.56 Å². The molecule has 0 radical (unpaired) electrons. The number of rotatable bonds is 5. The number of halogens is 1. The van der Waals surface area contributed by atoms with Gasteiger partial charge in [-0.05, 0) is 31.5 Å². The first-order valence-electron chi connectivity index (χ1n) is 6.91. The molecule has 4 nitrogen and oxygen atoms in total. The number of allylic oxidation sites excluding steroid dienone is 1. The van der Waals surface area contributed by atoms with Crippen molar-refractivity contribution in [2.45, 2.75) is 34.2 Å². The number of carbonyl (C=O) groups is 1. The number of aliphatic hydroxyl groups is 1. The Kier molecular flexibility index (Phi) is 9.61. The van der Waals surface area contributed by atoms with Crippen molar-refractivity contribution in [3.63, 3.8) is 0 Å². The fraction of sp³-hybridized carbons (Fsp3) is 0.312. The zero-order valence-corrected chi connectivity index (χ0v) is 14.0. The van der Waals surface area contributed by atoms with E-state index in [1.807, 2.05) is 13.8 Å². The second-order valence-electron chi connectivity index (χ2n) is 3.95. The molecule has 0 aromatic heterocycles. The number of amides is 1. The number of hydrogen-bond donors (Lipinski definition) is 2. The zero-order valence-electron chi connectivity index (χ0n) is 13.2. The molecule has 6 heteroatoms. The lowest BCUT2D eigenvalue weighted by Gasteiger charge is -2.07. The van der Waals surface area contributed by atoms with Gasteiger partial charge in [0.2, 0.25) is 0 Å². The molecular formula is C16H21FN2O2S. The van der Waals surface area contributed by atoms with E-state index in [1.165, 1.54) is 25.3 Å². The van der Waals surface area contributed by atoms with Crippen LogP contribution in [0.5, 0.6) is 0 Å². The van der Waals surface area contributed by atoms with Gasteiger partial charge >= 0.3 is 0 Å². The summed E-state index contributed by atoms with van der Waals surface area (Å²) in [5, 5.41) is 12.3. The standard InChI is InChI=1S/C14H15FN2O2S.C2H6/c1-3-16-12(13(18)9(2)20)14(19)17-8-10-4-6-11(15)7-5-10;1-2/h3-7,18H,8H2,1-2H3,(H,17,19);1-2H3/b13-12+,16-3?;. The molecule has 0 aliphatic heterocycles. The van der Waals surface area contributed by atoms with Crippen molar-refractivity contribution in [2.24, 2.45) is 4.99 Å². The van der Waals surface area contributed by atoms with Crippen LogP contribution in [0.25, 0.3) is 0 Å². The highest BCUT2D eigenvalue weighted by Crippen LogP contribution is 2.07. The minimum absolute atomic E-state index is 0.137. The average molecular weight is 324 g/mol. The third-order valence-electron chi connectivity index (χ3n) is 2.40. The quantitative estimate of drug-likeness (QED) is 0.375. The van der Waals surface area contributed by atoms with Gasteiger partial charge < -0.3 is 10.4 Å². The number of aliphatic imine (C=N–C) groups is 1. The number of nitrogens with one attached hydrogen (secondary N) is 1. The number of thiocarbonyl (C=S) groups is 1. The fourth-order valence-electron chi connectivity index (χ4n) is 1.39. The summed E-state index contributed by atoms with van der Waals surface area (Å²) in [4.78, 5) is 15.9. The van der Waals surface area contributed by atoms with Crippen LogP contribution in [-0.4, -0.2) is 22.1 Å². The second-order valence-corrected chi connectivity index (χ2v) is 4.56. The van der Waals surface area contributed by atoms with Gasteiger partial charge in [-0.25, -0.2) is 4.39 Å². The fourth-order valence-corrected chi connectivity index (χ4v) is 1.49. The van der Waals surface area contributed by atoms with E-state index < -0.39 is 5.91 Å². The van der Waals surface area contributed by atoms with Gasteiger partial charge in [-0.2, -0.15) is 0 Å². The third-order valence-corrected chi connectivity index (χ3v) is 2.59. The second kappa shape index (κ2) is 10.6. The zero-order chi connectivity index (χ0) is 17.1. The molecule has 22 heavy (non-hydrogen) atoms. The van der Waals surface area contributed by atoms with Crippen LogP contribution in [0.2, 0.25) is 0 Å². The minimum atomic E-state index is -0.547. The SMILES string of the molecule is CC.CC=N/C(C(=O)NCc1ccc(F)cc1)=C(/O)C(C)=S. The van der Waals surface area contributed by atoms with Crippen LogP contribution in [0.4, 0.5) is 4.39 Å². The summed E-state index contributed by atoms with van der Waals surface area (Å²) in [5.41, 5.74) is 0.597. The smallest absolute Gasteiger partial charge is 0.274 e. The first-order chi connectivity index (χ1) is 10.5. The van der Waals surface area contributed by atoms with Gasteiger partial charge in [0, 0.05) is 12.8 Å². The molecule has 0 spiro atoms. The third kappa shape index (κ3) is 6.58. The Balaban J connectivity index is 0.00000211. The summed E-state index contributed by atoms with van der Waals surface area (Å²) < 4.78 is 12.7. The maximum atomic E-state index is 12.7. The number of benzene rings is 1. The normalized spacial score (nSPS) is 11.3. The molecule has 1 amide bonds. The van der Waals surface area contributed by atoms with Crippen LogP contribution in [0.15, 0.2) is 40.7 Å². The first-order valence-corrected chi connectivity index (χ1v) is 7.32. The summed E-state index contributed by atoms with van der Waals surface area (Å²) in [6, 6.07) is 5.74. The molecule has 1 rings (SSSR count). The van der Waals surface area contributed by atoms with Crippen LogP contribution in [-0.2, 0) is 11.3 Å². The molecule has 1 aromatic carbocycles. The average Bonchev–Trinajstić information content (AvgIpc) is 2.53. The topological polar surface area (TPSA) is 61.7 Å². The van der Waals surface area contributed by atoms with Gasteiger partial charge in [-0.15, -0.1) is 0 Å². The summed E-state index contributed by atoms with van der Waals surface area (Å²) in [5.74, 6) is -1.21. The van der Waals surface area contributed by atoms with Crippen molar-refractivity contribution in [1.29, 1.82) is 0 Å². The Morgan fingerprint density at radius 1 is 1.36 bits per heavy atom. The molecule has 0 aliphatic carbocycles. The van der Waals surface area contributed by atoms with Gasteiger partial charge in [-0.1, -0.05) is 38.2 Å². The molecule has 1 aromatic rings. The van der Waals surface area contributed by atoms with E-state index >= 15 is 0 Å². The predicted molar refractivity (Wildman–Crippen MR) is 91.7 cm³/mol. The van der Waals surface area contributed by atoms with E-state index in [1.54, 1.807) is 19.1 Å². The first kappa shape index (κ1) is 19.9. The number of carbonyl (C=O) groups excluding carboxylic acids is 1. The van der Waals surface area contributed by atoms with Crippen LogP contribution in [0.3, 0.4) is 0 Å². The van der Waals surface area contributed by atoms with Crippen molar-refractivity contribution >= 4 is 29.2 Å². The highest BCUT2D eigenvalue weighted by molar-refractivity contribution is 7.80. The Morgan fingerprint density at radius 3 is 2.36 bits per heavy atom. The van der Waals surface area contributed by atoms with Crippen LogP contribution < -0.4 is 5.32 Å². The Bertz CT molecular complexity index is 566. The maximum Gasteiger partial charge on any atom is 0.274 e. The molecule has 2 N–H and O–H groups in total. The van der Waals surface area contributed by atoms with Crippen LogP contribution in [0.1, 0.15) is 33.3 Å². The molecule has 0 heterocycles. The lowest BCUT2D eigenvalue weighted by atomic mass is 10.2. The molecule has 0 bridgehead atoms. The number of nitrogens with zero attached hydrogens (tertiary/aromatic N) is 1. The summed E-state index contributed by atoms with van der Waals surface area (Å²) in [6.45, 7) is 7.33. The van der Waals surface area contributed by atoms with Crippen molar-refractivity contribution < 1.29 is 14.3 Å². The van der Waals surface area contributed by atoms with Crippen molar-refractivity contribution in [3.05, 3.63) is 47.1 Å². The van der Waals surface area contributed by atoms with Gasteiger partial charge in [0.1, 0.15) is 5.82 Å². The minimum Gasteiger partial charge on any atom is -0.504 e. The van der Waals surface area contributed by atoms with Crippen molar-refractivity contribution in [3.8, 4) is 0 Å². The molecule has 0 saturated heterocycles. The van der Waals surface area contributed by atoms with Gasteiger partial charge in [0.15, 0.2) is 11.5 Å². The molecule has 0 atom stereocenters. The largest absolute Gasteiger partial charge is 0.504 e. The lowest BCUT2D eigenvalue weighted by molar-refractivity contribution is -0.117. The highest BCUT2D eigenvalue weighted by atomic mass is 32.1. The molecule has 120 valence electrons. The molecule has 0 saturated carbocycles. The Morgan fingerprint density at radius 2 is 1.91 bits per heavy atom. The lowest BCUT2D eigenvalue weighted by Crippen LogP contribution is -2.25. The van der Waals surface area contributed by atoms with Crippen LogP contribution in [0, 0.1) is 5.82 Å². The summed E-state index contributed by atoms with van der Waals surface area (Å²) in [7, 11) is 0. The van der Waals surface area contributed by atoms with E-state index in [-0.39, 0.29) is 28.7 Å². The van der Waals surface area contributed by atoms with Crippen molar-refractivity contribution in [2.75, 3.05) is 0 Å². The van der Waals surface area contributed by atoms with Gasteiger partial charge in [0.25, 0.3) is 5.91 Å². The Labute approximate surface area is 135 Å². The summed E-state index contributed by atoms with van der Waals surface area (Å²) in [6.07, 6.45) is 1.39. The molecule has 0 fully saturated rings. The van der Waals surface area contributed by atoms with Gasteiger partial charge in [0.05, 0.1) is 4.86 Å². The summed E-state index contributed by atoms with van der Waals surface area (Å²) >= 11 is 4.82. The van der Waals surface area contributed by atoms with Crippen LogP contribution >= 0.6 is 12.2 Å². The molecule has 0 aliphatic rings. The highest BCUT2D eigenvalue weighted by Gasteiger charge is 2.15. The van der Waals surface area contributed by atoms with E-state index in [0.29, 0.717) is 0 Å². The predicted octanol–water partition coefficient (Wildman–Crippen LogP) is 3.72. The van der Waals surface area contributed by atoms with Gasteiger partial charge in [-0.3, -0.25) is 9.79 Å². The van der Waals surface area contributed by atoms with E-state index in [9.17, 15) is 14.3 Å². The number of hydrogen-bond acceptors (Lipinski definition) is 4. The maximum absolute atomic E-state index is 12.7. The Hall–Kier alpha value is -2.08. The van der Waals surface area contributed by atoms with E-state index in [4.69, 9.17) is 12.2 Å².